The highest BCUT2D eigenvalue weighted by atomic mass is 32.1. The van der Waals surface area contributed by atoms with Crippen molar-refractivity contribution in [2.45, 2.75) is 27.7 Å². The highest BCUT2D eigenvalue weighted by molar-refractivity contribution is 7.15. The van der Waals surface area contributed by atoms with Crippen LogP contribution in [0, 0.1) is 27.7 Å². The molecule has 0 atom stereocenters. The Kier molecular flexibility index (Phi) is 5.13. The monoisotopic (exact) mass is 425 g/mol. The third-order valence-corrected chi connectivity index (χ3v) is 5.62. The maximum absolute atomic E-state index is 12.7. The van der Waals surface area contributed by atoms with Crippen LogP contribution in [-0.4, -0.2) is 33.1 Å². The molecule has 9 heteroatoms. The van der Waals surface area contributed by atoms with E-state index in [9.17, 15) is 9.59 Å². The summed E-state index contributed by atoms with van der Waals surface area (Å²) in [5, 5.41) is 4.59. The number of carbonyl (C=O) groups is 2. The number of furan rings is 1. The van der Waals surface area contributed by atoms with Crippen molar-refractivity contribution in [2.75, 3.05) is 6.61 Å². The molecular formula is C21H19N3O5S. The lowest BCUT2D eigenvalue weighted by Gasteiger charge is -2.06. The third kappa shape index (κ3) is 3.59. The molecule has 8 nitrogen and oxygen atoms in total. The van der Waals surface area contributed by atoms with Crippen molar-refractivity contribution in [3.63, 3.8) is 0 Å². The van der Waals surface area contributed by atoms with Crippen LogP contribution in [0.5, 0.6) is 0 Å². The molecule has 0 radical (unpaired) electrons. The first kappa shape index (κ1) is 19.8. The largest absolute Gasteiger partial charge is 0.462 e. The lowest BCUT2D eigenvalue weighted by Crippen LogP contribution is -2.16. The Hall–Kier alpha value is -3.46. The van der Waals surface area contributed by atoms with Crippen molar-refractivity contribution in [1.82, 2.24) is 14.7 Å². The molecule has 0 saturated carbocycles. The number of thiazole rings is 1. The second kappa shape index (κ2) is 7.75. The van der Waals surface area contributed by atoms with Gasteiger partial charge in [-0.15, -0.1) is 11.3 Å². The summed E-state index contributed by atoms with van der Waals surface area (Å²) in [6, 6.07) is 7.05. The van der Waals surface area contributed by atoms with Gasteiger partial charge in [-0.2, -0.15) is 0 Å². The number of ketones is 1. The average Bonchev–Trinajstić information content (AvgIpc) is 3.48. The lowest BCUT2D eigenvalue weighted by atomic mass is 10.1. The SMILES string of the molecule is Cc1cc(-n2c(C)cc(C(=O)COC(=O)c3nc(-c4ccco4)sc3C)c2C)no1. The van der Waals surface area contributed by atoms with Crippen molar-refractivity contribution < 1.29 is 23.3 Å². The molecule has 0 bridgehead atoms. The summed E-state index contributed by atoms with van der Waals surface area (Å²) in [6.45, 7) is 6.87. The minimum absolute atomic E-state index is 0.183. The van der Waals surface area contributed by atoms with Crippen molar-refractivity contribution in [1.29, 1.82) is 0 Å². The minimum Gasteiger partial charge on any atom is -0.462 e. The number of aromatic nitrogens is 3. The van der Waals surface area contributed by atoms with E-state index in [0.717, 1.165) is 5.69 Å². The van der Waals surface area contributed by atoms with E-state index in [1.54, 1.807) is 44.4 Å². The molecule has 0 aliphatic rings. The summed E-state index contributed by atoms with van der Waals surface area (Å²) in [7, 11) is 0. The fourth-order valence-electron chi connectivity index (χ4n) is 3.22. The average molecular weight is 425 g/mol. The van der Waals surface area contributed by atoms with Crippen LogP contribution in [0.25, 0.3) is 16.6 Å². The van der Waals surface area contributed by atoms with Crippen LogP contribution >= 0.6 is 11.3 Å². The Morgan fingerprint density at radius 1 is 1.20 bits per heavy atom. The second-order valence-corrected chi connectivity index (χ2v) is 8.02. The molecule has 0 unspecified atom stereocenters. The molecule has 0 N–H and O–H groups in total. The molecule has 0 aliphatic heterocycles. The summed E-state index contributed by atoms with van der Waals surface area (Å²) in [5.74, 6) is 0.903. The first-order valence-electron chi connectivity index (χ1n) is 9.19. The van der Waals surface area contributed by atoms with Crippen molar-refractivity contribution in [3.05, 3.63) is 63.8 Å². The van der Waals surface area contributed by atoms with Crippen LogP contribution in [0.15, 0.2) is 39.5 Å². The molecule has 0 amide bonds. The fourth-order valence-corrected chi connectivity index (χ4v) is 4.09. The maximum atomic E-state index is 12.7. The molecule has 4 aromatic rings. The molecular weight excluding hydrogens is 406 g/mol. The van der Waals surface area contributed by atoms with Crippen molar-refractivity contribution >= 4 is 23.1 Å². The highest BCUT2D eigenvalue weighted by Crippen LogP contribution is 2.28. The Labute approximate surface area is 176 Å². The zero-order valence-electron chi connectivity index (χ0n) is 16.9. The van der Waals surface area contributed by atoms with Crippen LogP contribution in [0.1, 0.15) is 42.9 Å². The molecule has 154 valence electrons. The van der Waals surface area contributed by atoms with Gasteiger partial charge in [-0.3, -0.25) is 9.36 Å². The zero-order valence-corrected chi connectivity index (χ0v) is 17.7. The Morgan fingerprint density at radius 2 is 2.00 bits per heavy atom. The van der Waals surface area contributed by atoms with E-state index in [2.05, 4.69) is 10.1 Å². The number of hydrogen-bond donors (Lipinski definition) is 0. The predicted molar refractivity (Wildman–Crippen MR) is 109 cm³/mol. The quantitative estimate of drug-likeness (QED) is 0.332. The summed E-state index contributed by atoms with van der Waals surface area (Å²) in [4.78, 5) is 30.2. The van der Waals surface area contributed by atoms with Crippen LogP contribution in [0.2, 0.25) is 0 Å². The molecule has 4 rings (SSSR count). The van der Waals surface area contributed by atoms with E-state index in [0.29, 0.717) is 38.5 Å². The van der Waals surface area contributed by atoms with E-state index in [1.807, 2.05) is 18.4 Å². The number of rotatable bonds is 6. The number of aryl methyl sites for hydroxylation is 3. The van der Waals surface area contributed by atoms with Gasteiger partial charge < -0.3 is 13.7 Å². The number of Topliss-reactive ketones (excluding diaryl/α,β-unsaturated/α-hetero) is 1. The Morgan fingerprint density at radius 3 is 2.67 bits per heavy atom. The normalized spacial score (nSPS) is 11.1. The first-order chi connectivity index (χ1) is 14.3. The van der Waals surface area contributed by atoms with E-state index in [4.69, 9.17) is 13.7 Å². The lowest BCUT2D eigenvalue weighted by molar-refractivity contribution is 0.0469. The molecule has 0 aromatic carbocycles. The molecule has 0 aliphatic carbocycles. The van der Waals surface area contributed by atoms with Crippen LogP contribution < -0.4 is 0 Å². The van der Waals surface area contributed by atoms with E-state index >= 15 is 0 Å². The van der Waals surface area contributed by atoms with Gasteiger partial charge in [0.1, 0.15) is 5.76 Å². The highest BCUT2D eigenvalue weighted by Gasteiger charge is 2.22. The van der Waals surface area contributed by atoms with Gasteiger partial charge in [-0.1, -0.05) is 5.16 Å². The molecule has 0 spiro atoms. The van der Waals surface area contributed by atoms with Crippen LogP contribution in [0.4, 0.5) is 0 Å². The van der Waals surface area contributed by atoms with Gasteiger partial charge in [0.05, 0.1) is 6.26 Å². The summed E-state index contributed by atoms with van der Waals surface area (Å²) < 4.78 is 17.5. The second-order valence-electron chi connectivity index (χ2n) is 6.82. The van der Waals surface area contributed by atoms with Gasteiger partial charge in [0, 0.05) is 27.9 Å². The molecule has 0 fully saturated rings. The molecule has 30 heavy (non-hydrogen) atoms. The summed E-state index contributed by atoms with van der Waals surface area (Å²) in [6.07, 6.45) is 1.54. The van der Waals surface area contributed by atoms with Crippen molar-refractivity contribution in [3.8, 4) is 16.6 Å². The van der Waals surface area contributed by atoms with Crippen LogP contribution in [0.3, 0.4) is 0 Å². The van der Waals surface area contributed by atoms with Gasteiger partial charge in [0.15, 0.2) is 28.9 Å². The van der Waals surface area contributed by atoms with Gasteiger partial charge in [0.25, 0.3) is 0 Å². The predicted octanol–water partition coefficient (Wildman–Crippen LogP) is 4.46. The molecule has 4 aromatic heterocycles. The molecule has 0 saturated heterocycles. The molecule has 4 heterocycles. The van der Waals surface area contributed by atoms with Gasteiger partial charge in [-0.25, -0.2) is 9.78 Å². The topological polar surface area (TPSA) is 100 Å². The van der Waals surface area contributed by atoms with E-state index in [1.165, 1.54) is 11.3 Å². The maximum Gasteiger partial charge on any atom is 0.358 e. The van der Waals surface area contributed by atoms with Gasteiger partial charge in [-0.05, 0) is 45.9 Å². The Bertz CT molecular complexity index is 1230. The minimum atomic E-state index is -0.643. The number of esters is 1. The van der Waals surface area contributed by atoms with E-state index in [-0.39, 0.29) is 18.1 Å². The number of hydrogen-bond acceptors (Lipinski definition) is 8. The summed E-state index contributed by atoms with van der Waals surface area (Å²) >= 11 is 1.33. The van der Waals surface area contributed by atoms with Crippen molar-refractivity contribution in [2.24, 2.45) is 0 Å². The van der Waals surface area contributed by atoms with Gasteiger partial charge >= 0.3 is 5.97 Å². The number of ether oxygens (including phenoxy) is 1. The third-order valence-electron chi connectivity index (χ3n) is 4.63. The standard InChI is InChI=1S/C21H19N3O5S/c1-11-8-15(13(3)24(11)18-9-12(2)29-23-18)16(25)10-28-21(26)19-14(4)30-20(22-19)17-6-5-7-27-17/h5-9H,10H2,1-4H3. The zero-order chi connectivity index (χ0) is 21.4. The first-order valence-corrected chi connectivity index (χ1v) is 10.0. The number of carbonyl (C=O) groups excluding carboxylic acids is 2. The fraction of sp³-hybridized carbons (Fsp3) is 0.238. The smallest absolute Gasteiger partial charge is 0.358 e. The van der Waals surface area contributed by atoms with Crippen LogP contribution in [-0.2, 0) is 4.74 Å². The van der Waals surface area contributed by atoms with Gasteiger partial charge in [0.2, 0.25) is 5.78 Å². The Balaban J connectivity index is 1.48. The van der Waals surface area contributed by atoms with E-state index < -0.39 is 5.97 Å². The summed E-state index contributed by atoms with van der Waals surface area (Å²) in [5.41, 5.74) is 2.18. The number of nitrogens with zero attached hydrogens (tertiary/aromatic N) is 3.